The smallest absolute Gasteiger partial charge is 0.181 e. The molecule has 1 aliphatic rings. The fourth-order valence-electron chi connectivity index (χ4n) is 2.11. The van der Waals surface area contributed by atoms with Gasteiger partial charge in [0.2, 0.25) is 0 Å². The minimum absolute atomic E-state index is 0.0754. The number of carbonyl (C=O) groups is 1. The van der Waals surface area contributed by atoms with Gasteiger partial charge in [0.25, 0.3) is 0 Å². The first kappa shape index (κ1) is 11.6. The first-order valence-electron chi connectivity index (χ1n) is 5.86. The summed E-state index contributed by atoms with van der Waals surface area (Å²) >= 11 is 3.41. The highest BCUT2D eigenvalue weighted by atomic mass is 79.9. The van der Waals surface area contributed by atoms with Gasteiger partial charge >= 0.3 is 0 Å². The van der Waals surface area contributed by atoms with Crippen molar-refractivity contribution in [2.75, 3.05) is 0 Å². The maximum Gasteiger partial charge on any atom is 0.181 e. The van der Waals surface area contributed by atoms with Crippen molar-refractivity contribution in [2.45, 2.75) is 12.1 Å². The minimum atomic E-state index is -0.0754. The van der Waals surface area contributed by atoms with Crippen molar-refractivity contribution in [3.8, 4) is 0 Å². The summed E-state index contributed by atoms with van der Waals surface area (Å²) in [4.78, 5) is 12.2. The molecule has 1 saturated heterocycles. The van der Waals surface area contributed by atoms with E-state index in [1.807, 2.05) is 54.6 Å². The fourth-order valence-corrected chi connectivity index (χ4v) is 2.37. The van der Waals surface area contributed by atoms with E-state index in [2.05, 4.69) is 21.2 Å². The molecule has 0 amide bonds. The van der Waals surface area contributed by atoms with Crippen molar-refractivity contribution in [2.24, 2.45) is 0 Å². The van der Waals surface area contributed by atoms with E-state index in [9.17, 15) is 4.79 Å². The Hall–Kier alpha value is -1.45. The molecule has 2 atom stereocenters. The lowest BCUT2D eigenvalue weighted by atomic mass is 10.0. The fraction of sp³-hybridized carbons (Fsp3) is 0.133. The summed E-state index contributed by atoms with van der Waals surface area (Å²) in [6.45, 7) is 0. The number of hydrogen-bond donors (Lipinski definition) is 1. The van der Waals surface area contributed by atoms with Gasteiger partial charge in [-0.2, -0.15) is 0 Å². The van der Waals surface area contributed by atoms with Crippen LogP contribution in [0.4, 0.5) is 0 Å². The Morgan fingerprint density at radius 1 is 1.00 bits per heavy atom. The molecule has 1 heterocycles. The van der Waals surface area contributed by atoms with Gasteiger partial charge in [0, 0.05) is 10.0 Å². The van der Waals surface area contributed by atoms with Gasteiger partial charge in [-0.15, -0.1) is 0 Å². The Bertz CT molecular complexity index is 565. The van der Waals surface area contributed by atoms with E-state index in [1.54, 1.807) is 0 Å². The van der Waals surface area contributed by atoms with Gasteiger partial charge in [-0.25, -0.2) is 0 Å². The number of rotatable bonds is 3. The summed E-state index contributed by atoms with van der Waals surface area (Å²) in [6.07, 6.45) is 0. The normalized spacial score (nSPS) is 21.6. The molecule has 1 N–H and O–H groups in total. The highest BCUT2D eigenvalue weighted by Gasteiger charge is 2.43. The van der Waals surface area contributed by atoms with Crippen molar-refractivity contribution in [3.05, 3.63) is 70.2 Å². The SMILES string of the molecule is O=C(c1ccccc1)[C@H]1N[C@H]1c1ccc(Br)cc1. The largest absolute Gasteiger partial charge is 0.297 e. The first-order valence-corrected chi connectivity index (χ1v) is 6.66. The van der Waals surface area contributed by atoms with Crippen LogP contribution in [0.2, 0.25) is 0 Å². The summed E-state index contributed by atoms with van der Waals surface area (Å²) in [6, 6.07) is 17.6. The van der Waals surface area contributed by atoms with Crippen molar-refractivity contribution in [1.82, 2.24) is 5.32 Å². The predicted octanol–water partition coefficient (Wildman–Crippen LogP) is 3.34. The number of carbonyl (C=O) groups excluding carboxylic acids is 1. The molecule has 2 nitrogen and oxygen atoms in total. The number of nitrogens with one attached hydrogen (secondary N) is 1. The molecule has 0 radical (unpaired) electrons. The van der Waals surface area contributed by atoms with Crippen LogP contribution in [0.15, 0.2) is 59.1 Å². The minimum Gasteiger partial charge on any atom is -0.297 e. The average molecular weight is 302 g/mol. The molecule has 1 aliphatic heterocycles. The van der Waals surface area contributed by atoms with Crippen LogP contribution < -0.4 is 5.32 Å². The molecular weight excluding hydrogens is 290 g/mol. The van der Waals surface area contributed by atoms with E-state index in [0.717, 1.165) is 15.6 Å². The number of halogens is 1. The molecular formula is C15H12BrNO. The molecule has 0 aromatic heterocycles. The van der Waals surface area contributed by atoms with Gasteiger partial charge in [0.1, 0.15) is 0 Å². The maximum atomic E-state index is 12.2. The lowest BCUT2D eigenvalue weighted by molar-refractivity contribution is 0.0988. The lowest BCUT2D eigenvalue weighted by Gasteiger charge is -1.99. The van der Waals surface area contributed by atoms with Crippen LogP contribution in [0.5, 0.6) is 0 Å². The van der Waals surface area contributed by atoms with E-state index in [0.29, 0.717) is 0 Å². The zero-order valence-electron chi connectivity index (χ0n) is 9.64. The summed E-state index contributed by atoms with van der Waals surface area (Å²) in [7, 11) is 0. The molecule has 3 heteroatoms. The second-order valence-electron chi connectivity index (χ2n) is 4.40. The summed E-state index contributed by atoms with van der Waals surface area (Å²) in [5, 5.41) is 3.24. The monoisotopic (exact) mass is 301 g/mol. The van der Waals surface area contributed by atoms with Crippen molar-refractivity contribution in [1.29, 1.82) is 0 Å². The van der Waals surface area contributed by atoms with Crippen molar-refractivity contribution in [3.63, 3.8) is 0 Å². The summed E-state index contributed by atoms with van der Waals surface area (Å²) in [5.74, 6) is 0.170. The quantitative estimate of drug-likeness (QED) is 0.697. The van der Waals surface area contributed by atoms with Gasteiger partial charge in [0.05, 0.1) is 12.1 Å². The standard InChI is InChI=1S/C15H12BrNO/c16-12-8-6-10(7-9-12)13-14(17-13)15(18)11-4-2-1-3-5-11/h1-9,13-14,17H/t13-,14-/m0/s1. The third kappa shape index (κ3) is 2.24. The van der Waals surface area contributed by atoms with E-state index in [4.69, 9.17) is 0 Å². The van der Waals surface area contributed by atoms with Gasteiger partial charge in [-0.05, 0) is 17.7 Å². The zero-order chi connectivity index (χ0) is 12.5. The van der Waals surface area contributed by atoms with Crippen LogP contribution in [0.25, 0.3) is 0 Å². The van der Waals surface area contributed by atoms with Crippen LogP contribution in [0.3, 0.4) is 0 Å². The van der Waals surface area contributed by atoms with Gasteiger partial charge in [0.15, 0.2) is 5.78 Å². The van der Waals surface area contributed by atoms with E-state index in [1.165, 1.54) is 0 Å². The van der Waals surface area contributed by atoms with Gasteiger partial charge < -0.3 is 0 Å². The van der Waals surface area contributed by atoms with Crippen LogP contribution in [-0.2, 0) is 0 Å². The Morgan fingerprint density at radius 3 is 2.33 bits per heavy atom. The zero-order valence-corrected chi connectivity index (χ0v) is 11.2. The number of Topliss-reactive ketones (excluding diaryl/α,β-unsaturated/α-hetero) is 1. The molecule has 3 rings (SSSR count). The third-order valence-corrected chi connectivity index (χ3v) is 3.68. The van der Waals surface area contributed by atoms with Gasteiger partial charge in [-0.3, -0.25) is 10.1 Å². The van der Waals surface area contributed by atoms with Crippen LogP contribution in [0.1, 0.15) is 22.0 Å². The van der Waals surface area contributed by atoms with Crippen LogP contribution in [-0.4, -0.2) is 11.8 Å². The number of ketones is 1. The second-order valence-corrected chi connectivity index (χ2v) is 5.32. The first-order chi connectivity index (χ1) is 8.75. The highest BCUT2D eigenvalue weighted by Crippen LogP contribution is 2.32. The Labute approximate surface area is 114 Å². The Kier molecular flexibility index (Phi) is 3.02. The van der Waals surface area contributed by atoms with E-state index >= 15 is 0 Å². The molecule has 0 bridgehead atoms. The molecule has 2 aromatic rings. The molecule has 0 aliphatic carbocycles. The molecule has 2 aromatic carbocycles. The van der Waals surface area contributed by atoms with Crippen LogP contribution in [0, 0.1) is 0 Å². The number of benzene rings is 2. The Balaban J connectivity index is 1.75. The lowest BCUT2D eigenvalue weighted by Crippen LogP contribution is -2.09. The topological polar surface area (TPSA) is 39.0 Å². The van der Waals surface area contributed by atoms with Crippen molar-refractivity contribution >= 4 is 21.7 Å². The highest BCUT2D eigenvalue weighted by molar-refractivity contribution is 9.10. The number of hydrogen-bond acceptors (Lipinski definition) is 2. The van der Waals surface area contributed by atoms with E-state index < -0.39 is 0 Å². The molecule has 0 unspecified atom stereocenters. The van der Waals surface area contributed by atoms with Gasteiger partial charge in [-0.1, -0.05) is 58.4 Å². The molecule has 90 valence electrons. The van der Waals surface area contributed by atoms with Crippen LogP contribution >= 0.6 is 15.9 Å². The predicted molar refractivity (Wildman–Crippen MR) is 74.6 cm³/mol. The molecule has 0 saturated carbocycles. The molecule has 1 fully saturated rings. The molecule has 18 heavy (non-hydrogen) atoms. The molecule has 0 spiro atoms. The Morgan fingerprint density at radius 2 is 1.67 bits per heavy atom. The summed E-state index contributed by atoms with van der Waals surface area (Å²) < 4.78 is 1.05. The van der Waals surface area contributed by atoms with Crippen molar-refractivity contribution < 1.29 is 4.79 Å². The third-order valence-electron chi connectivity index (χ3n) is 3.15. The second kappa shape index (κ2) is 4.67. The summed E-state index contributed by atoms with van der Waals surface area (Å²) in [5.41, 5.74) is 1.93. The average Bonchev–Trinajstić information content (AvgIpc) is 3.20. The van der Waals surface area contributed by atoms with E-state index in [-0.39, 0.29) is 17.9 Å². The maximum absolute atomic E-state index is 12.2.